The highest BCUT2D eigenvalue weighted by atomic mass is 16.1. The van der Waals surface area contributed by atoms with Crippen LogP contribution in [-0.2, 0) is 30.6 Å². The van der Waals surface area contributed by atoms with E-state index < -0.39 is 0 Å². The summed E-state index contributed by atoms with van der Waals surface area (Å²) in [7, 11) is 0. The maximum Gasteiger partial charge on any atom is 0.220 e. The monoisotopic (exact) mass is 571 g/mol. The summed E-state index contributed by atoms with van der Waals surface area (Å²) in [5.41, 5.74) is 11.8. The molecular weight excluding hydrogens is 534 g/mol. The summed E-state index contributed by atoms with van der Waals surface area (Å²) >= 11 is 0. The number of benzene rings is 3. The second-order valence-corrected chi connectivity index (χ2v) is 11.7. The van der Waals surface area contributed by atoms with E-state index in [1.165, 1.54) is 27.5 Å². The predicted molar refractivity (Wildman–Crippen MR) is 170 cm³/mol. The number of likely N-dealkylation sites (tertiary alicyclic amines) is 1. The van der Waals surface area contributed by atoms with Crippen molar-refractivity contribution in [2.75, 3.05) is 13.1 Å². The molecule has 6 aromatic rings. The molecule has 0 radical (unpaired) electrons. The van der Waals surface area contributed by atoms with E-state index in [1.807, 2.05) is 0 Å². The number of para-hydroxylation sites is 2. The third-order valence-corrected chi connectivity index (χ3v) is 9.09. The van der Waals surface area contributed by atoms with Gasteiger partial charge in [0.2, 0.25) is 5.91 Å². The van der Waals surface area contributed by atoms with Gasteiger partial charge in [-0.1, -0.05) is 66.7 Å². The van der Waals surface area contributed by atoms with Crippen LogP contribution in [0.15, 0.2) is 91.3 Å². The molecule has 0 unspecified atom stereocenters. The number of aryl methyl sites for hydroxylation is 2. The van der Waals surface area contributed by atoms with Crippen LogP contribution in [-0.4, -0.2) is 48.6 Å². The highest BCUT2D eigenvalue weighted by molar-refractivity contribution is 5.83. The number of aromatic amines is 2. The Morgan fingerprint density at radius 2 is 1.44 bits per heavy atom. The fourth-order valence-corrected chi connectivity index (χ4v) is 6.69. The van der Waals surface area contributed by atoms with Crippen LogP contribution in [0.2, 0.25) is 0 Å². The maximum absolute atomic E-state index is 12.0. The van der Waals surface area contributed by atoms with Crippen LogP contribution in [0.5, 0.6) is 0 Å². The first kappa shape index (κ1) is 27.2. The lowest BCUT2D eigenvalue weighted by molar-refractivity contribution is -0.123. The number of amides is 1. The van der Waals surface area contributed by atoms with Crippen molar-refractivity contribution in [2.24, 2.45) is 11.7 Å². The highest BCUT2D eigenvalue weighted by Crippen LogP contribution is 2.32. The summed E-state index contributed by atoms with van der Waals surface area (Å²) in [6, 6.07) is 27.5. The Kier molecular flexibility index (Phi) is 7.51. The lowest BCUT2D eigenvalue weighted by Gasteiger charge is -2.36. The van der Waals surface area contributed by atoms with Gasteiger partial charge in [-0.15, -0.1) is 10.2 Å². The SMILES string of the molecule is NC(=O)C1CCN([C@H](Cc2c[nH]c3ccccc23)c2nnc(CCc3c[nH]c4ccccc34)n2Cc2ccccc2)CC1. The normalized spacial score (nSPS) is 15.3. The molecule has 8 heteroatoms. The Morgan fingerprint density at radius 1 is 0.814 bits per heavy atom. The molecule has 0 saturated carbocycles. The van der Waals surface area contributed by atoms with Crippen LogP contribution in [0, 0.1) is 5.92 Å². The summed E-state index contributed by atoms with van der Waals surface area (Å²) in [5, 5.41) is 12.2. The molecule has 218 valence electrons. The van der Waals surface area contributed by atoms with E-state index in [4.69, 9.17) is 15.9 Å². The molecule has 43 heavy (non-hydrogen) atoms. The number of carbonyl (C=O) groups excluding carboxylic acids is 1. The molecule has 7 rings (SSSR count). The summed E-state index contributed by atoms with van der Waals surface area (Å²) < 4.78 is 2.34. The van der Waals surface area contributed by atoms with Crippen LogP contribution in [0.1, 0.15) is 47.2 Å². The van der Waals surface area contributed by atoms with E-state index in [2.05, 4.69) is 111 Å². The van der Waals surface area contributed by atoms with Gasteiger partial charge in [0.05, 0.1) is 12.6 Å². The Balaban J connectivity index is 1.25. The first-order valence-corrected chi connectivity index (χ1v) is 15.2. The summed E-state index contributed by atoms with van der Waals surface area (Å²) in [4.78, 5) is 21.3. The Hall–Kier alpha value is -4.69. The zero-order valence-corrected chi connectivity index (χ0v) is 24.2. The summed E-state index contributed by atoms with van der Waals surface area (Å²) in [6.45, 7) is 2.29. The Labute approximate surface area is 250 Å². The van der Waals surface area contributed by atoms with Crippen LogP contribution >= 0.6 is 0 Å². The molecule has 1 atom stereocenters. The molecule has 3 aromatic heterocycles. The maximum atomic E-state index is 12.0. The fourth-order valence-electron chi connectivity index (χ4n) is 6.69. The van der Waals surface area contributed by atoms with Crippen LogP contribution in [0.4, 0.5) is 0 Å². The Bertz CT molecular complexity index is 1840. The van der Waals surface area contributed by atoms with Crippen molar-refractivity contribution in [3.8, 4) is 0 Å². The van der Waals surface area contributed by atoms with Crippen LogP contribution in [0.25, 0.3) is 21.8 Å². The van der Waals surface area contributed by atoms with Gasteiger partial charge in [-0.2, -0.15) is 0 Å². The first-order chi connectivity index (χ1) is 21.1. The van der Waals surface area contributed by atoms with Crippen LogP contribution < -0.4 is 5.73 Å². The number of piperidine rings is 1. The number of carbonyl (C=O) groups is 1. The van der Waals surface area contributed by atoms with E-state index in [0.717, 1.165) is 67.9 Å². The van der Waals surface area contributed by atoms with Gasteiger partial charge in [-0.25, -0.2) is 0 Å². The number of nitrogens with two attached hydrogens (primary N) is 1. The molecule has 1 saturated heterocycles. The number of primary amides is 1. The minimum atomic E-state index is -0.195. The van der Waals surface area contributed by atoms with Gasteiger partial charge in [0.1, 0.15) is 5.82 Å². The van der Waals surface area contributed by atoms with E-state index in [-0.39, 0.29) is 17.9 Å². The number of fused-ring (bicyclic) bond motifs is 2. The second kappa shape index (κ2) is 11.9. The Morgan fingerprint density at radius 3 is 2.14 bits per heavy atom. The van der Waals surface area contributed by atoms with Crippen molar-refractivity contribution in [1.29, 1.82) is 0 Å². The average molecular weight is 572 g/mol. The van der Waals surface area contributed by atoms with Crippen molar-refractivity contribution in [3.05, 3.63) is 120 Å². The average Bonchev–Trinajstić information content (AvgIpc) is 3.76. The van der Waals surface area contributed by atoms with Crippen molar-refractivity contribution in [1.82, 2.24) is 29.6 Å². The fraction of sp³-hybridized carbons (Fsp3) is 0.286. The topological polar surface area (TPSA) is 109 Å². The second-order valence-electron chi connectivity index (χ2n) is 11.7. The largest absolute Gasteiger partial charge is 0.369 e. The number of hydrogen-bond acceptors (Lipinski definition) is 4. The number of H-pyrrole nitrogens is 2. The smallest absolute Gasteiger partial charge is 0.220 e. The molecule has 1 aliphatic rings. The van der Waals surface area contributed by atoms with Crippen molar-refractivity contribution in [2.45, 2.75) is 44.7 Å². The van der Waals surface area contributed by atoms with Gasteiger partial charge in [0.15, 0.2) is 5.82 Å². The molecule has 0 spiro atoms. The molecule has 4 N–H and O–H groups in total. The zero-order chi connectivity index (χ0) is 29.2. The van der Waals surface area contributed by atoms with Gasteiger partial charge in [-0.3, -0.25) is 9.69 Å². The molecule has 1 fully saturated rings. The molecule has 1 aliphatic heterocycles. The summed E-state index contributed by atoms with van der Waals surface area (Å²) in [5.74, 6) is 1.69. The molecule has 0 aliphatic carbocycles. The molecule has 8 nitrogen and oxygen atoms in total. The number of nitrogens with one attached hydrogen (secondary N) is 2. The van der Waals surface area contributed by atoms with Crippen molar-refractivity contribution in [3.63, 3.8) is 0 Å². The van der Waals surface area contributed by atoms with Gasteiger partial charge in [-0.05, 0) is 67.6 Å². The third-order valence-electron chi connectivity index (χ3n) is 9.09. The molecule has 1 amide bonds. The number of rotatable bonds is 10. The van der Waals surface area contributed by atoms with Gasteiger partial charge >= 0.3 is 0 Å². The molecule has 3 aromatic carbocycles. The third kappa shape index (κ3) is 5.58. The van der Waals surface area contributed by atoms with Crippen molar-refractivity contribution >= 4 is 27.7 Å². The lowest BCUT2D eigenvalue weighted by atomic mass is 9.93. The number of nitrogens with zero attached hydrogens (tertiary/aromatic N) is 4. The van der Waals surface area contributed by atoms with Crippen molar-refractivity contribution < 1.29 is 4.79 Å². The van der Waals surface area contributed by atoms with E-state index in [9.17, 15) is 4.79 Å². The van der Waals surface area contributed by atoms with E-state index in [0.29, 0.717) is 6.54 Å². The lowest BCUT2D eigenvalue weighted by Crippen LogP contribution is -2.42. The van der Waals surface area contributed by atoms with Gasteiger partial charge in [0, 0.05) is 46.5 Å². The van der Waals surface area contributed by atoms with E-state index in [1.54, 1.807) is 0 Å². The quantitative estimate of drug-likeness (QED) is 0.200. The minimum absolute atomic E-state index is 0.00563. The number of hydrogen-bond donors (Lipinski definition) is 3. The van der Waals surface area contributed by atoms with Gasteiger partial charge < -0.3 is 20.3 Å². The number of aromatic nitrogens is 5. The standard InChI is InChI=1S/C35H37N7O/c36-34(43)25-16-18-41(19-17-25)32(20-27-22-38-31-13-7-5-11-29(27)31)35-40-39-33(42(35)23-24-8-2-1-3-9-24)15-14-26-21-37-30-12-6-4-10-28(26)30/h1-13,21-22,25,32,37-38H,14-20,23H2,(H2,36,43)/t32-/m1/s1. The zero-order valence-electron chi connectivity index (χ0n) is 24.2. The summed E-state index contributed by atoms with van der Waals surface area (Å²) in [6.07, 6.45) is 8.22. The van der Waals surface area contributed by atoms with Gasteiger partial charge in [0.25, 0.3) is 0 Å². The molecule has 4 heterocycles. The molecular formula is C35H37N7O. The first-order valence-electron chi connectivity index (χ1n) is 15.2. The molecule has 0 bridgehead atoms. The van der Waals surface area contributed by atoms with Crippen LogP contribution in [0.3, 0.4) is 0 Å². The minimum Gasteiger partial charge on any atom is -0.369 e. The highest BCUT2D eigenvalue weighted by Gasteiger charge is 2.32. The van der Waals surface area contributed by atoms with E-state index >= 15 is 0 Å². The predicted octanol–water partition coefficient (Wildman–Crippen LogP) is 5.56.